The molecule has 160 valence electrons. The highest BCUT2D eigenvalue weighted by Crippen LogP contribution is 2.51. The number of aryl methyl sites for hydroxylation is 1. The molecule has 4 atom stereocenters. The number of carbonyl (C=O) groups is 2. The minimum atomic E-state index is -0.470. The molecular weight excluding hydrogens is 368 g/mol. The maximum atomic E-state index is 12.7. The van der Waals surface area contributed by atoms with Crippen molar-refractivity contribution in [1.29, 1.82) is 0 Å². The molecule has 1 heterocycles. The molecular formula is C24H34O5. The zero-order valence-corrected chi connectivity index (χ0v) is 18.5. The highest BCUT2D eigenvalue weighted by molar-refractivity contribution is 5.87. The van der Waals surface area contributed by atoms with E-state index >= 15 is 0 Å². The van der Waals surface area contributed by atoms with E-state index in [1.807, 2.05) is 27.0 Å². The van der Waals surface area contributed by atoms with Gasteiger partial charge in [-0.15, -0.1) is 0 Å². The zero-order chi connectivity index (χ0) is 21.3. The van der Waals surface area contributed by atoms with Crippen molar-refractivity contribution in [1.82, 2.24) is 0 Å². The molecule has 0 N–H and O–H groups in total. The first-order valence-corrected chi connectivity index (χ1v) is 10.7. The summed E-state index contributed by atoms with van der Waals surface area (Å²) in [7, 11) is 0. The molecule has 1 aromatic heterocycles. The molecule has 0 saturated heterocycles. The maximum Gasteiger partial charge on any atom is 0.333 e. The van der Waals surface area contributed by atoms with E-state index in [1.165, 1.54) is 5.56 Å². The molecule has 0 aliphatic heterocycles. The van der Waals surface area contributed by atoms with Gasteiger partial charge in [-0.1, -0.05) is 26.8 Å². The van der Waals surface area contributed by atoms with Crippen molar-refractivity contribution in [2.75, 3.05) is 0 Å². The van der Waals surface area contributed by atoms with Crippen LogP contribution < -0.4 is 0 Å². The number of rotatable bonds is 5. The molecule has 3 rings (SSSR count). The van der Waals surface area contributed by atoms with Gasteiger partial charge in [0.15, 0.2) is 0 Å². The normalized spacial score (nSPS) is 29.2. The standard InChI is InChI=1S/C24H34O5/c1-7-15(4)23(26)29-22-19(28-21(25)10-14(2)3)9-8-17-11-20-18(12-24(17,22)6)16(5)13-27-20/h7,13-14,17,19,22H,8-12H2,1-6H3/t17-,19+,22+,24+/m1/s1. The molecule has 1 aromatic rings. The van der Waals surface area contributed by atoms with Crippen molar-refractivity contribution in [2.45, 2.75) is 85.9 Å². The third-order valence-electron chi connectivity index (χ3n) is 6.75. The number of fused-ring (bicyclic) bond motifs is 2. The van der Waals surface area contributed by atoms with E-state index in [4.69, 9.17) is 13.9 Å². The van der Waals surface area contributed by atoms with Crippen molar-refractivity contribution in [2.24, 2.45) is 17.3 Å². The number of hydrogen-bond acceptors (Lipinski definition) is 5. The van der Waals surface area contributed by atoms with E-state index in [-0.39, 0.29) is 23.3 Å². The Kier molecular flexibility index (Phi) is 6.25. The maximum absolute atomic E-state index is 12.7. The molecule has 2 aliphatic carbocycles. The lowest BCUT2D eigenvalue weighted by molar-refractivity contribution is -0.192. The van der Waals surface area contributed by atoms with Gasteiger partial charge in [0.1, 0.15) is 18.0 Å². The quantitative estimate of drug-likeness (QED) is 0.516. The number of allylic oxidation sites excluding steroid dienone is 1. The summed E-state index contributed by atoms with van der Waals surface area (Å²) in [6.07, 6.45) is 6.28. The monoisotopic (exact) mass is 402 g/mol. The Morgan fingerprint density at radius 2 is 2.03 bits per heavy atom. The average Bonchev–Trinajstić information content (AvgIpc) is 3.00. The molecule has 0 aromatic carbocycles. The first-order valence-electron chi connectivity index (χ1n) is 10.7. The van der Waals surface area contributed by atoms with Crippen molar-refractivity contribution in [3.8, 4) is 0 Å². The highest BCUT2D eigenvalue weighted by atomic mass is 16.6. The van der Waals surface area contributed by atoms with E-state index in [1.54, 1.807) is 13.0 Å². The Morgan fingerprint density at radius 1 is 1.31 bits per heavy atom. The molecule has 0 unspecified atom stereocenters. The Labute approximate surface area is 173 Å². The summed E-state index contributed by atoms with van der Waals surface area (Å²) in [4.78, 5) is 25.1. The zero-order valence-electron chi connectivity index (χ0n) is 18.5. The Hall–Kier alpha value is -2.04. The molecule has 2 aliphatic rings. The van der Waals surface area contributed by atoms with E-state index in [0.29, 0.717) is 24.3 Å². The number of ether oxygens (including phenoxy) is 2. The molecule has 0 bridgehead atoms. The summed E-state index contributed by atoms with van der Waals surface area (Å²) in [5.41, 5.74) is 2.61. The van der Waals surface area contributed by atoms with Gasteiger partial charge in [0.05, 0.1) is 6.26 Å². The van der Waals surface area contributed by atoms with Crippen LogP contribution in [-0.2, 0) is 31.9 Å². The number of esters is 2. The minimum Gasteiger partial charge on any atom is -0.469 e. The van der Waals surface area contributed by atoms with Crippen LogP contribution >= 0.6 is 0 Å². The smallest absolute Gasteiger partial charge is 0.333 e. The fraction of sp³-hybridized carbons (Fsp3) is 0.667. The first-order chi connectivity index (χ1) is 13.7. The average molecular weight is 403 g/mol. The van der Waals surface area contributed by atoms with Gasteiger partial charge in [-0.3, -0.25) is 4.79 Å². The van der Waals surface area contributed by atoms with E-state index < -0.39 is 12.2 Å². The Bertz CT molecular complexity index is 802. The van der Waals surface area contributed by atoms with E-state index in [2.05, 4.69) is 13.8 Å². The molecule has 0 spiro atoms. The Morgan fingerprint density at radius 3 is 2.69 bits per heavy atom. The van der Waals surface area contributed by atoms with Crippen LogP contribution in [0.25, 0.3) is 0 Å². The lowest BCUT2D eigenvalue weighted by Crippen LogP contribution is -2.56. The van der Waals surface area contributed by atoms with Crippen LogP contribution in [-0.4, -0.2) is 24.1 Å². The van der Waals surface area contributed by atoms with Crippen LogP contribution in [0, 0.1) is 24.2 Å². The Balaban J connectivity index is 1.92. The summed E-state index contributed by atoms with van der Waals surface area (Å²) in [6.45, 7) is 11.8. The van der Waals surface area contributed by atoms with Crippen LogP contribution in [0.3, 0.4) is 0 Å². The van der Waals surface area contributed by atoms with Crippen LogP contribution in [0.15, 0.2) is 22.3 Å². The molecule has 0 amide bonds. The summed E-state index contributed by atoms with van der Waals surface area (Å²) < 4.78 is 17.7. The minimum absolute atomic E-state index is 0.216. The van der Waals surface area contributed by atoms with E-state index in [0.717, 1.165) is 30.6 Å². The van der Waals surface area contributed by atoms with Gasteiger partial charge >= 0.3 is 11.9 Å². The number of furan rings is 1. The second kappa shape index (κ2) is 8.37. The van der Waals surface area contributed by atoms with Crippen LogP contribution in [0.1, 0.15) is 70.8 Å². The van der Waals surface area contributed by atoms with Gasteiger partial charge in [-0.25, -0.2) is 4.79 Å². The van der Waals surface area contributed by atoms with Gasteiger partial charge in [-0.2, -0.15) is 0 Å². The number of hydrogen-bond donors (Lipinski definition) is 0. The topological polar surface area (TPSA) is 65.7 Å². The van der Waals surface area contributed by atoms with Crippen molar-refractivity contribution in [3.63, 3.8) is 0 Å². The first kappa shape index (κ1) is 21.7. The van der Waals surface area contributed by atoms with Gasteiger partial charge in [0.25, 0.3) is 0 Å². The molecule has 5 nitrogen and oxygen atoms in total. The predicted octanol–water partition coefficient (Wildman–Crippen LogP) is 4.94. The fourth-order valence-electron chi connectivity index (χ4n) is 4.83. The molecule has 0 radical (unpaired) electrons. The third-order valence-corrected chi connectivity index (χ3v) is 6.75. The highest BCUT2D eigenvalue weighted by Gasteiger charge is 2.54. The second-order valence-corrected chi connectivity index (χ2v) is 9.41. The number of carbonyl (C=O) groups excluding carboxylic acids is 2. The molecule has 29 heavy (non-hydrogen) atoms. The van der Waals surface area contributed by atoms with Crippen molar-refractivity contribution in [3.05, 3.63) is 34.8 Å². The van der Waals surface area contributed by atoms with Crippen molar-refractivity contribution < 1.29 is 23.5 Å². The molecule has 1 fully saturated rings. The summed E-state index contributed by atoms with van der Waals surface area (Å²) in [5.74, 6) is 1.05. The summed E-state index contributed by atoms with van der Waals surface area (Å²) >= 11 is 0. The van der Waals surface area contributed by atoms with E-state index in [9.17, 15) is 9.59 Å². The summed E-state index contributed by atoms with van der Waals surface area (Å²) in [6, 6.07) is 0. The SMILES string of the molecule is CC=C(C)C(=O)O[C@H]1[C@@H](OC(=O)CC(C)C)CC[C@@H]2Cc3occ(C)c3C[C@@]21C. The van der Waals surface area contributed by atoms with Gasteiger partial charge < -0.3 is 13.9 Å². The molecule has 5 heteroatoms. The van der Waals surface area contributed by atoms with Gasteiger partial charge in [0.2, 0.25) is 0 Å². The summed E-state index contributed by atoms with van der Waals surface area (Å²) in [5, 5.41) is 0. The van der Waals surface area contributed by atoms with Crippen molar-refractivity contribution >= 4 is 11.9 Å². The predicted molar refractivity (Wildman–Crippen MR) is 110 cm³/mol. The van der Waals surface area contributed by atoms with Crippen LogP contribution in [0.5, 0.6) is 0 Å². The second-order valence-electron chi connectivity index (χ2n) is 9.41. The third kappa shape index (κ3) is 4.29. The lowest BCUT2D eigenvalue weighted by atomic mass is 9.58. The fourth-order valence-corrected chi connectivity index (χ4v) is 4.83. The molecule has 1 saturated carbocycles. The van der Waals surface area contributed by atoms with Gasteiger partial charge in [0, 0.05) is 23.8 Å². The van der Waals surface area contributed by atoms with Gasteiger partial charge in [-0.05, 0) is 63.0 Å². The van der Waals surface area contributed by atoms with Crippen LogP contribution in [0.2, 0.25) is 0 Å². The lowest BCUT2D eigenvalue weighted by Gasteiger charge is -2.51. The van der Waals surface area contributed by atoms with Crippen LogP contribution in [0.4, 0.5) is 0 Å². The largest absolute Gasteiger partial charge is 0.469 e.